The first-order valence-electron chi connectivity index (χ1n) is 11.0. The minimum atomic E-state index is 0.0954. The normalized spacial score (nSPS) is 29.2. The minimum absolute atomic E-state index is 0.0954. The van der Waals surface area contributed by atoms with Crippen LogP contribution in [0.4, 0.5) is 0 Å². The van der Waals surface area contributed by atoms with E-state index in [1.807, 2.05) is 36.2 Å². The summed E-state index contributed by atoms with van der Waals surface area (Å²) in [5.74, 6) is 4.24. The molecule has 6 nitrogen and oxygen atoms in total. The number of methoxy groups -OCH3 is 1. The maximum absolute atomic E-state index is 13.2. The van der Waals surface area contributed by atoms with Crippen molar-refractivity contribution in [3.63, 3.8) is 0 Å². The summed E-state index contributed by atoms with van der Waals surface area (Å²) in [6, 6.07) is 7.64. The van der Waals surface area contributed by atoms with Crippen molar-refractivity contribution in [3.05, 3.63) is 29.0 Å². The number of nitrogens with zero attached hydrogens (tertiary/aromatic N) is 3. The second-order valence-electron chi connectivity index (χ2n) is 9.83. The lowest BCUT2D eigenvalue weighted by Crippen LogP contribution is -2.51. The van der Waals surface area contributed by atoms with Crippen LogP contribution < -0.4 is 4.74 Å². The smallest absolute Gasteiger partial charge is 0.242 e. The van der Waals surface area contributed by atoms with Crippen LogP contribution in [0.1, 0.15) is 38.5 Å². The van der Waals surface area contributed by atoms with Crippen molar-refractivity contribution in [1.82, 2.24) is 19.7 Å². The molecule has 160 valence electrons. The largest absolute Gasteiger partial charge is 0.497 e. The second-order valence-corrected chi connectivity index (χ2v) is 10.2. The maximum Gasteiger partial charge on any atom is 0.242 e. The monoisotopic (exact) mass is 426 g/mol. The molecule has 1 heterocycles. The molecule has 30 heavy (non-hydrogen) atoms. The Bertz CT molecular complexity index is 958. The first kappa shape index (κ1) is 19.8. The summed E-state index contributed by atoms with van der Waals surface area (Å²) in [6.07, 6.45) is 8.18. The van der Waals surface area contributed by atoms with Crippen LogP contribution in [0.25, 0.3) is 11.4 Å². The number of nitrogens with one attached hydrogen (secondary N) is 1. The van der Waals surface area contributed by atoms with Crippen molar-refractivity contribution < 1.29 is 9.53 Å². The molecule has 1 amide bonds. The van der Waals surface area contributed by atoms with Gasteiger partial charge < -0.3 is 9.64 Å². The van der Waals surface area contributed by atoms with Gasteiger partial charge in [0.1, 0.15) is 12.3 Å². The number of hydrogen-bond donors (Lipinski definition) is 1. The highest BCUT2D eigenvalue weighted by molar-refractivity contribution is 7.71. The summed E-state index contributed by atoms with van der Waals surface area (Å²) in [6.45, 7) is 1.08. The standard InChI is InChI=1S/C23H30N4O2S/c1-26(14-23-10-15-7-16(11-23)9-17(8-15)12-23)20(28)13-27-21(24-25-22(27)30)18-3-5-19(29-2)6-4-18/h3-6,15-17H,7-14H2,1-2H3,(H,25,30). The Kier molecular flexibility index (Phi) is 4.96. The number of hydrogen-bond acceptors (Lipinski definition) is 4. The highest BCUT2D eigenvalue weighted by Crippen LogP contribution is 2.60. The Labute approximate surface area is 182 Å². The predicted octanol–water partition coefficient (Wildman–Crippen LogP) is 4.29. The highest BCUT2D eigenvalue weighted by atomic mass is 32.1. The molecule has 4 saturated carbocycles. The molecule has 6 rings (SSSR count). The molecule has 0 spiro atoms. The second kappa shape index (κ2) is 7.52. The third kappa shape index (κ3) is 3.57. The number of rotatable bonds is 6. The predicted molar refractivity (Wildman–Crippen MR) is 118 cm³/mol. The lowest BCUT2D eigenvalue weighted by molar-refractivity contribution is -0.136. The van der Waals surface area contributed by atoms with Gasteiger partial charge in [-0.2, -0.15) is 5.10 Å². The first-order chi connectivity index (χ1) is 14.4. The summed E-state index contributed by atoms with van der Waals surface area (Å²) in [5, 5.41) is 7.22. The Balaban J connectivity index is 1.31. The van der Waals surface area contributed by atoms with E-state index < -0.39 is 0 Å². The van der Waals surface area contributed by atoms with Gasteiger partial charge in [-0.1, -0.05) is 0 Å². The zero-order chi connectivity index (χ0) is 20.9. The molecule has 2 aromatic rings. The molecule has 1 N–H and O–H groups in total. The van der Waals surface area contributed by atoms with Gasteiger partial charge in [0, 0.05) is 19.2 Å². The van der Waals surface area contributed by atoms with E-state index in [1.54, 1.807) is 11.7 Å². The molecule has 1 aromatic carbocycles. The number of carbonyl (C=O) groups excluding carboxylic acids is 1. The number of carbonyl (C=O) groups is 1. The van der Waals surface area contributed by atoms with Crippen LogP contribution in [0.5, 0.6) is 5.75 Å². The topological polar surface area (TPSA) is 63.1 Å². The first-order valence-corrected chi connectivity index (χ1v) is 11.4. The summed E-state index contributed by atoms with van der Waals surface area (Å²) >= 11 is 5.43. The SMILES string of the molecule is COc1ccc(-c2n[nH]c(=S)n2CC(=O)N(C)CC23CC4CC(CC(C4)C2)C3)cc1. The quantitative estimate of drug-likeness (QED) is 0.700. The van der Waals surface area contributed by atoms with Gasteiger partial charge in [0.25, 0.3) is 0 Å². The van der Waals surface area contributed by atoms with E-state index in [9.17, 15) is 4.79 Å². The van der Waals surface area contributed by atoms with Crippen molar-refractivity contribution in [2.75, 3.05) is 20.7 Å². The van der Waals surface area contributed by atoms with Gasteiger partial charge in [-0.25, -0.2) is 0 Å². The molecule has 4 fully saturated rings. The van der Waals surface area contributed by atoms with Crippen LogP contribution >= 0.6 is 12.2 Å². The molecule has 1 aromatic heterocycles. The molecule has 4 aliphatic carbocycles. The minimum Gasteiger partial charge on any atom is -0.497 e. The van der Waals surface area contributed by atoms with Gasteiger partial charge in [-0.3, -0.25) is 14.5 Å². The molecule has 0 saturated heterocycles. The molecule has 0 aliphatic heterocycles. The van der Waals surface area contributed by atoms with Gasteiger partial charge in [-0.05, 0) is 98.2 Å². The summed E-state index contributed by atoms with van der Waals surface area (Å²) in [5.41, 5.74) is 1.25. The Morgan fingerprint density at radius 1 is 1.20 bits per heavy atom. The summed E-state index contributed by atoms with van der Waals surface area (Å²) in [4.78, 5) is 15.1. The van der Waals surface area contributed by atoms with Crippen molar-refractivity contribution in [1.29, 1.82) is 0 Å². The Hall–Kier alpha value is -2.15. The van der Waals surface area contributed by atoms with E-state index >= 15 is 0 Å². The maximum atomic E-state index is 13.2. The average molecular weight is 427 g/mol. The molecule has 0 atom stereocenters. The van der Waals surface area contributed by atoms with Gasteiger partial charge in [0.2, 0.25) is 5.91 Å². The van der Waals surface area contributed by atoms with Crippen molar-refractivity contribution in [2.24, 2.45) is 23.2 Å². The van der Waals surface area contributed by atoms with Crippen LogP contribution in [0.3, 0.4) is 0 Å². The van der Waals surface area contributed by atoms with Crippen molar-refractivity contribution in [3.8, 4) is 17.1 Å². The number of H-pyrrole nitrogens is 1. The molecule has 4 aliphatic rings. The van der Waals surface area contributed by atoms with Crippen LogP contribution in [-0.4, -0.2) is 46.3 Å². The average Bonchev–Trinajstić information content (AvgIpc) is 3.07. The fraction of sp³-hybridized carbons (Fsp3) is 0.609. The number of amides is 1. The van der Waals surface area contributed by atoms with Crippen LogP contribution in [0.2, 0.25) is 0 Å². The third-order valence-electron chi connectivity index (χ3n) is 7.56. The zero-order valence-corrected chi connectivity index (χ0v) is 18.6. The Morgan fingerprint density at radius 3 is 2.37 bits per heavy atom. The van der Waals surface area contributed by atoms with E-state index in [0.717, 1.165) is 35.6 Å². The number of aromatic amines is 1. The fourth-order valence-electron chi connectivity index (χ4n) is 6.76. The third-order valence-corrected chi connectivity index (χ3v) is 7.87. The van der Waals surface area contributed by atoms with Gasteiger partial charge >= 0.3 is 0 Å². The highest BCUT2D eigenvalue weighted by Gasteiger charge is 2.51. The lowest BCUT2D eigenvalue weighted by Gasteiger charge is -2.57. The van der Waals surface area contributed by atoms with E-state index in [-0.39, 0.29) is 12.5 Å². The molecule has 7 heteroatoms. The van der Waals surface area contributed by atoms with E-state index in [4.69, 9.17) is 17.0 Å². The van der Waals surface area contributed by atoms with E-state index in [0.29, 0.717) is 16.0 Å². The van der Waals surface area contributed by atoms with Gasteiger partial charge in [0.05, 0.1) is 7.11 Å². The molecule has 4 bridgehead atoms. The number of likely N-dealkylation sites (N-methyl/N-ethyl adjacent to an activating group) is 1. The fourth-order valence-corrected chi connectivity index (χ4v) is 6.95. The van der Waals surface area contributed by atoms with Crippen LogP contribution in [-0.2, 0) is 11.3 Å². The summed E-state index contributed by atoms with van der Waals surface area (Å²) < 4.78 is 7.51. The molecule has 0 unspecified atom stereocenters. The van der Waals surface area contributed by atoms with Crippen molar-refractivity contribution >= 4 is 18.1 Å². The number of ether oxygens (including phenoxy) is 1. The molecular formula is C23H30N4O2S. The summed E-state index contributed by atoms with van der Waals surface area (Å²) in [7, 11) is 3.60. The van der Waals surface area contributed by atoms with Crippen molar-refractivity contribution in [2.45, 2.75) is 45.1 Å². The zero-order valence-electron chi connectivity index (χ0n) is 17.8. The Morgan fingerprint density at radius 2 is 1.80 bits per heavy atom. The van der Waals surface area contributed by atoms with Gasteiger partial charge in [0.15, 0.2) is 10.6 Å². The molecule has 0 radical (unpaired) electrons. The lowest BCUT2D eigenvalue weighted by atomic mass is 9.49. The number of benzene rings is 1. The van der Waals surface area contributed by atoms with Crippen LogP contribution in [0.15, 0.2) is 24.3 Å². The molecular weight excluding hydrogens is 396 g/mol. The van der Waals surface area contributed by atoms with Gasteiger partial charge in [-0.15, -0.1) is 0 Å². The van der Waals surface area contributed by atoms with Crippen LogP contribution in [0, 0.1) is 27.9 Å². The van der Waals surface area contributed by atoms with E-state index in [2.05, 4.69) is 10.2 Å². The van der Waals surface area contributed by atoms with E-state index in [1.165, 1.54) is 38.5 Å². The number of aromatic nitrogens is 3.